The molecule has 0 aliphatic carbocycles. The number of rotatable bonds is 2. The summed E-state index contributed by atoms with van der Waals surface area (Å²) in [6, 6.07) is 9.01. The van der Waals surface area contributed by atoms with Gasteiger partial charge >= 0.3 is 0 Å². The Morgan fingerprint density at radius 3 is 2.81 bits per heavy atom. The van der Waals surface area contributed by atoms with Crippen LogP contribution >= 0.6 is 0 Å². The average Bonchev–Trinajstić information content (AvgIpc) is 2.29. The summed E-state index contributed by atoms with van der Waals surface area (Å²) in [6.45, 7) is 0.183. The maximum absolute atomic E-state index is 11.9. The molecule has 4 heteroatoms. The summed E-state index contributed by atoms with van der Waals surface area (Å²) in [7, 11) is 0. The number of hydrogen-bond donors (Lipinski definition) is 0. The molecule has 0 spiro atoms. The normalized spacial score (nSPS) is 14.6. The molecule has 1 aliphatic heterocycles. The van der Waals surface area contributed by atoms with E-state index in [9.17, 15) is 9.59 Å². The predicted molar refractivity (Wildman–Crippen MR) is 56.4 cm³/mol. The Balaban J connectivity index is 2.31. The van der Waals surface area contributed by atoms with E-state index in [-0.39, 0.29) is 31.2 Å². The van der Waals surface area contributed by atoms with Gasteiger partial charge in [0, 0.05) is 12.1 Å². The molecule has 1 aromatic carbocycles. The van der Waals surface area contributed by atoms with Crippen molar-refractivity contribution in [1.29, 1.82) is 5.26 Å². The Labute approximate surface area is 93.1 Å². The lowest BCUT2D eigenvalue weighted by molar-refractivity contribution is -0.128. The molecule has 0 N–H and O–H groups in total. The Morgan fingerprint density at radius 1 is 1.31 bits per heavy atom. The summed E-state index contributed by atoms with van der Waals surface area (Å²) in [5.74, 6) is -0.513. The second-order valence-corrected chi connectivity index (χ2v) is 3.59. The largest absolute Gasteiger partial charge is 0.277 e. The van der Waals surface area contributed by atoms with E-state index in [1.165, 1.54) is 0 Å². The molecule has 2 rings (SSSR count). The molecule has 0 saturated heterocycles. The minimum Gasteiger partial charge on any atom is -0.277 e. The molecule has 0 radical (unpaired) electrons. The van der Waals surface area contributed by atoms with Crippen molar-refractivity contribution in [3.8, 4) is 6.07 Å². The van der Waals surface area contributed by atoms with Crippen LogP contribution in [0.1, 0.15) is 22.3 Å². The van der Waals surface area contributed by atoms with Gasteiger partial charge in [-0.2, -0.15) is 5.26 Å². The first-order valence-electron chi connectivity index (χ1n) is 5.03. The zero-order valence-corrected chi connectivity index (χ0v) is 8.64. The van der Waals surface area contributed by atoms with Gasteiger partial charge in [0.25, 0.3) is 5.91 Å². The summed E-state index contributed by atoms with van der Waals surface area (Å²) >= 11 is 0. The average molecular weight is 214 g/mol. The van der Waals surface area contributed by atoms with Gasteiger partial charge in [-0.25, -0.2) is 0 Å². The second kappa shape index (κ2) is 4.15. The molecule has 2 amide bonds. The van der Waals surface area contributed by atoms with Crippen LogP contribution in [0.2, 0.25) is 0 Å². The van der Waals surface area contributed by atoms with E-state index >= 15 is 0 Å². The summed E-state index contributed by atoms with van der Waals surface area (Å²) in [6.07, 6.45) is 0.424. The maximum Gasteiger partial charge on any atom is 0.260 e. The molecule has 0 unspecified atom stereocenters. The van der Waals surface area contributed by atoms with Crippen molar-refractivity contribution < 1.29 is 9.59 Å². The first-order chi connectivity index (χ1) is 7.74. The third-order valence-electron chi connectivity index (χ3n) is 2.58. The molecule has 0 saturated carbocycles. The van der Waals surface area contributed by atoms with Crippen molar-refractivity contribution in [2.45, 2.75) is 12.8 Å². The number of fused-ring (bicyclic) bond motifs is 1. The van der Waals surface area contributed by atoms with Gasteiger partial charge in [-0.3, -0.25) is 14.5 Å². The van der Waals surface area contributed by atoms with Crippen molar-refractivity contribution in [3.63, 3.8) is 0 Å². The van der Waals surface area contributed by atoms with Crippen molar-refractivity contribution in [2.75, 3.05) is 6.54 Å². The highest BCUT2D eigenvalue weighted by atomic mass is 16.2. The van der Waals surface area contributed by atoms with E-state index in [2.05, 4.69) is 0 Å². The molecule has 0 bridgehead atoms. The monoisotopic (exact) mass is 214 g/mol. The SMILES string of the molecule is N#CCCN1C(=O)Cc2ccccc2C1=O. The van der Waals surface area contributed by atoms with Crippen LogP contribution in [0.15, 0.2) is 24.3 Å². The van der Waals surface area contributed by atoms with Crippen LogP contribution in [0.3, 0.4) is 0 Å². The van der Waals surface area contributed by atoms with Crippen molar-refractivity contribution in [2.24, 2.45) is 0 Å². The van der Waals surface area contributed by atoms with Gasteiger partial charge in [0.15, 0.2) is 0 Å². The molecule has 0 atom stereocenters. The van der Waals surface area contributed by atoms with Gasteiger partial charge in [-0.05, 0) is 11.6 Å². The van der Waals surface area contributed by atoms with E-state index in [4.69, 9.17) is 5.26 Å². The number of imide groups is 1. The minimum atomic E-state index is -0.290. The lowest BCUT2D eigenvalue weighted by Gasteiger charge is -2.25. The third kappa shape index (κ3) is 1.68. The van der Waals surface area contributed by atoms with E-state index < -0.39 is 0 Å². The van der Waals surface area contributed by atoms with Gasteiger partial charge in [0.1, 0.15) is 0 Å². The number of benzene rings is 1. The smallest absolute Gasteiger partial charge is 0.260 e. The van der Waals surface area contributed by atoms with Crippen LogP contribution in [-0.4, -0.2) is 23.3 Å². The van der Waals surface area contributed by atoms with Crippen LogP contribution in [0.4, 0.5) is 0 Å². The Bertz CT molecular complexity index is 488. The molecular weight excluding hydrogens is 204 g/mol. The minimum absolute atomic E-state index is 0.180. The highest BCUT2D eigenvalue weighted by molar-refractivity contribution is 6.09. The van der Waals surface area contributed by atoms with E-state index in [0.29, 0.717) is 5.56 Å². The summed E-state index contributed by atoms with van der Waals surface area (Å²) < 4.78 is 0. The predicted octanol–water partition coefficient (Wildman–Crippen LogP) is 1.13. The number of nitriles is 1. The van der Waals surface area contributed by atoms with Crippen LogP contribution in [0.5, 0.6) is 0 Å². The van der Waals surface area contributed by atoms with Crippen molar-refractivity contribution >= 4 is 11.8 Å². The second-order valence-electron chi connectivity index (χ2n) is 3.59. The summed E-state index contributed by atoms with van der Waals surface area (Å²) in [4.78, 5) is 24.8. The van der Waals surface area contributed by atoms with Gasteiger partial charge in [0.2, 0.25) is 5.91 Å². The zero-order chi connectivity index (χ0) is 11.5. The van der Waals surface area contributed by atoms with Crippen LogP contribution in [0, 0.1) is 11.3 Å². The zero-order valence-electron chi connectivity index (χ0n) is 8.64. The topological polar surface area (TPSA) is 61.2 Å². The lowest BCUT2D eigenvalue weighted by atomic mass is 9.98. The van der Waals surface area contributed by atoms with E-state index in [1.807, 2.05) is 12.1 Å². The molecular formula is C12H10N2O2. The van der Waals surface area contributed by atoms with Crippen LogP contribution in [0.25, 0.3) is 0 Å². The fourth-order valence-electron chi connectivity index (χ4n) is 1.79. The maximum atomic E-state index is 11.9. The van der Waals surface area contributed by atoms with Crippen molar-refractivity contribution in [3.05, 3.63) is 35.4 Å². The number of carbonyl (C=O) groups excluding carboxylic acids is 2. The molecule has 1 heterocycles. The molecule has 0 aromatic heterocycles. The first kappa shape index (κ1) is 10.4. The highest BCUT2D eigenvalue weighted by Gasteiger charge is 2.29. The number of nitrogens with zero attached hydrogens (tertiary/aromatic N) is 2. The van der Waals surface area contributed by atoms with E-state index in [0.717, 1.165) is 10.5 Å². The van der Waals surface area contributed by atoms with Crippen LogP contribution in [-0.2, 0) is 11.2 Å². The summed E-state index contributed by atoms with van der Waals surface area (Å²) in [5, 5.41) is 8.47. The Hall–Kier alpha value is -2.15. The van der Waals surface area contributed by atoms with Crippen molar-refractivity contribution in [1.82, 2.24) is 4.90 Å². The van der Waals surface area contributed by atoms with Gasteiger partial charge in [0.05, 0.1) is 18.9 Å². The van der Waals surface area contributed by atoms with Gasteiger partial charge in [-0.15, -0.1) is 0 Å². The Kier molecular flexibility index (Phi) is 2.69. The lowest BCUT2D eigenvalue weighted by Crippen LogP contribution is -2.42. The third-order valence-corrected chi connectivity index (χ3v) is 2.58. The molecule has 16 heavy (non-hydrogen) atoms. The number of hydrogen-bond acceptors (Lipinski definition) is 3. The highest BCUT2D eigenvalue weighted by Crippen LogP contribution is 2.19. The fourth-order valence-corrected chi connectivity index (χ4v) is 1.79. The van der Waals surface area contributed by atoms with Crippen LogP contribution < -0.4 is 0 Å². The number of amides is 2. The molecule has 4 nitrogen and oxygen atoms in total. The van der Waals surface area contributed by atoms with Gasteiger partial charge in [-0.1, -0.05) is 18.2 Å². The Morgan fingerprint density at radius 2 is 2.06 bits per heavy atom. The molecule has 1 aromatic rings. The summed E-state index contributed by atoms with van der Waals surface area (Å²) in [5.41, 5.74) is 1.34. The quantitative estimate of drug-likeness (QED) is 0.693. The molecule has 1 aliphatic rings. The standard InChI is InChI=1S/C12H10N2O2/c13-6-3-7-14-11(15)8-9-4-1-2-5-10(9)12(14)16/h1-2,4-5H,3,7-8H2. The first-order valence-corrected chi connectivity index (χ1v) is 5.03. The molecule has 0 fully saturated rings. The number of carbonyl (C=O) groups is 2. The fraction of sp³-hybridized carbons (Fsp3) is 0.250. The molecule has 80 valence electrons. The van der Waals surface area contributed by atoms with E-state index in [1.54, 1.807) is 18.2 Å². The van der Waals surface area contributed by atoms with Gasteiger partial charge < -0.3 is 0 Å².